The minimum Gasteiger partial charge on any atom is -0.275 e. The molecule has 0 radical (unpaired) electrons. The van der Waals surface area contributed by atoms with Gasteiger partial charge in [0.15, 0.2) is 5.82 Å². The van der Waals surface area contributed by atoms with Crippen LogP contribution in [0.2, 0.25) is 0 Å². The zero-order chi connectivity index (χ0) is 13.4. The van der Waals surface area contributed by atoms with Crippen LogP contribution in [0.5, 0.6) is 0 Å². The molecule has 2 aromatic heterocycles. The van der Waals surface area contributed by atoms with Crippen LogP contribution in [0.15, 0.2) is 36.8 Å². The van der Waals surface area contributed by atoms with E-state index in [1.54, 1.807) is 10.9 Å². The van der Waals surface area contributed by atoms with Crippen molar-refractivity contribution in [3.05, 3.63) is 42.4 Å². The molecule has 0 atom stereocenters. The number of aryl methyl sites for hydroxylation is 1. The van der Waals surface area contributed by atoms with Crippen molar-refractivity contribution in [1.82, 2.24) is 19.7 Å². The van der Waals surface area contributed by atoms with Crippen molar-refractivity contribution < 1.29 is 0 Å². The molecule has 4 nitrogen and oxygen atoms in total. The third-order valence-corrected chi connectivity index (χ3v) is 3.24. The van der Waals surface area contributed by atoms with Crippen LogP contribution >= 0.6 is 0 Å². The van der Waals surface area contributed by atoms with E-state index in [1.807, 2.05) is 25.5 Å². The molecule has 0 bridgehead atoms. The second-order valence-corrected chi connectivity index (χ2v) is 5.03. The smallest absolute Gasteiger partial charge is 0.162 e. The van der Waals surface area contributed by atoms with Crippen LogP contribution in [0.1, 0.15) is 25.3 Å². The first-order chi connectivity index (χ1) is 9.15. The van der Waals surface area contributed by atoms with Gasteiger partial charge in [0.2, 0.25) is 0 Å². The third-order valence-electron chi connectivity index (χ3n) is 3.24. The van der Waals surface area contributed by atoms with Gasteiger partial charge in [-0.2, -0.15) is 5.10 Å². The fourth-order valence-electron chi connectivity index (χ4n) is 2.26. The molecule has 0 unspecified atom stereocenters. The molecular formula is C15H16N4. The number of fused-ring (bicyclic) bond motifs is 1. The molecular weight excluding hydrogens is 236 g/mol. The van der Waals surface area contributed by atoms with E-state index in [9.17, 15) is 0 Å². The van der Waals surface area contributed by atoms with Crippen LogP contribution in [-0.2, 0) is 7.05 Å². The molecule has 0 aliphatic heterocycles. The molecule has 0 saturated carbocycles. The summed E-state index contributed by atoms with van der Waals surface area (Å²) in [4.78, 5) is 9.11. The topological polar surface area (TPSA) is 43.6 Å². The van der Waals surface area contributed by atoms with E-state index >= 15 is 0 Å². The molecule has 3 rings (SSSR count). The Kier molecular flexibility index (Phi) is 2.78. The Morgan fingerprint density at radius 1 is 1.16 bits per heavy atom. The Bertz CT molecular complexity index is 728. The number of rotatable bonds is 2. The van der Waals surface area contributed by atoms with Crippen LogP contribution in [-0.4, -0.2) is 19.7 Å². The van der Waals surface area contributed by atoms with Gasteiger partial charge in [-0.1, -0.05) is 26.0 Å². The lowest BCUT2D eigenvalue weighted by molar-refractivity contribution is 0.768. The maximum Gasteiger partial charge on any atom is 0.162 e. The van der Waals surface area contributed by atoms with E-state index in [2.05, 4.69) is 41.0 Å². The van der Waals surface area contributed by atoms with E-state index in [4.69, 9.17) is 0 Å². The highest BCUT2D eigenvalue weighted by atomic mass is 15.2. The number of hydrogen-bond donors (Lipinski definition) is 0. The zero-order valence-corrected chi connectivity index (χ0v) is 11.3. The number of aromatic nitrogens is 4. The molecule has 0 saturated heterocycles. The predicted octanol–water partition coefficient (Wildman–Crippen LogP) is 3.15. The van der Waals surface area contributed by atoms with Crippen LogP contribution in [0.3, 0.4) is 0 Å². The van der Waals surface area contributed by atoms with Gasteiger partial charge in [-0.15, -0.1) is 0 Å². The van der Waals surface area contributed by atoms with Gasteiger partial charge in [-0.05, 0) is 17.5 Å². The molecule has 96 valence electrons. The second kappa shape index (κ2) is 4.46. The van der Waals surface area contributed by atoms with Crippen molar-refractivity contribution in [3.63, 3.8) is 0 Å². The van der Waals surface area contributed by atoms with Gasteiger partial charge in [0.1, 0.15) is 0 Å². The van der Waals surface area contributed by atoms with Crippen LogP contribution in [0.4, 0.5) is 0 Å². The highest BCUT2D eigenvalue weighted by molar-refractivity contribution is 5.83. The highest BCUT2D eigenvalue weighted by Gasteiger charge is 2.09. The van der Waals surface area contributed by atoms with Crippen LogP contribution < -0.4 is 0 Å². The van der Waals surface area contributed by atoms with Gasteiger partial charge in [-0.25, -0.2) is 9.97 Å². The maximum atomic E-state index is 4.64. The Morgan fingerprint density at radius 2 is 2.00 bits per heavy atom. The monoisotopic (exact) mass is 252 g/mol. The fraction of sp³-hybridized carbons (Fsp3) is 0.267. The summed E-state index contributed by atoms with van der Waals surface area (Å²) in [5.74, 6) is 1.19. The molecule has 0 fully saturated rings. The quantitative estimate of drug-likeness (QED) is 0.703. The second-order valence-electron chi connectivity index (χ2n) is 5.03. The van der Waals surface area contributed by atoms with Crippen LogP contribution in [0, 0.1) is 0 Å². The summed E-state index contributed by atoms with van der Waals surface area (Å²) in [6.45, 7) is 4.37. The first-order valence-electron chi connectivity index (χ1n) is 6.40. The van der Waals surface area contributed by atoms with Crippen molar-refractivity contribution in [2.75, 3.05) is 0 Å². The summed E-state index contributed by atoms with van der Waals surface area (Å²) < 4.78 is 1.76. The lowest BCUT2D eigenvalue weighted by Gasteiger charge is -2.09. The van der Waals surface area contributed by atoms with Crippen molar-refractivity contribution in [1.29, 1.82) is 0 Å². The van der Waals surface area contributed by atoms with E-state index in [-0.39, 0.29) is 0 Å². The third kappa shape index (κ3) is 2.10. The summed E-state index contributed by atoms with van der Waals surface area (Å²) >= 11 is 0. The summed E-state index contributed by atoms with van der Waals surface area (Å²) in [5.41, 5.74) is 3.22. The summed E-state index contributed by atoms with van der Waals surface area (Å²) in [6.07, 6.45) is 5.63. The summed E-state index contributed by atoms with van der Waals surface area (Å²) in [5, 5.41) is 5.29. The van der Waals surface area contributed by atoms with Gasteiger partial charge < -0.3 is 0 Å². The minimum atomic E-state index is 0.469. The van der Waals surface area contributed by atoms with Gasteiger partial charge in [0, 0.05) is 24.8 Å². The molecule has 19 heavy (non-hydrogen) atoms. The Labute approximate surface area is 112 Å². The van der Waals surface area contributed by atoms with Gasteiger partial charge in [-0.3, -0.25) is 4.68 Å². The van der Waals surface area contributed by atoms with Gasteiger partial charge >= 0.3 is 0 Å². The number of nitrogens with zero attached hydrogens (tertiary/aromatic N) is 4. The van der Waals surface area contributed by atoms with Crippen molar-refractivity contribution >= 4 is 10.9 Å². The summed E-state index contributed by atoms with van der Waals surface area (Å²) in [7, 11) is 1.89. The Balaban J connectivity index is 2.17. The molecule has 4 heteroatoms. The molecule has 0 amide bonds. The average molecular weight is 252 g/mol. The fourth-order valence-corrected chi connectivity index (χ4v) is 2.26. The minimum absolute atomic E-state index is 0.469. The number of benzene rings is 1. The maximum absolute atomic E-state index is 4.64. The Hall–Kier alpha value is -2.23. The van der Waals surface area contributed by atoms with E-state index in [0.717, 1.165) is 22.3 Å². The predicted molar refractivity (Wildman–Crippen MR) is 75.8 cm³/mol. The standard InChI is InChI=1S/C15H16N4/c1-10(2)12-5-4-6-14-13(12)8-16-15(18-14)11-7-17-19(3)9-11/h4-10H,1-3H3. The molecule has 1 aromatic carbocycles. The van der Waals surface area contributed by atoms with E-state index in [1.165, 1.54) is 5.56 Å². The largest absolute Gasteiger partial charge is 0.275 e. The lowest BCUT2D eigenvalue weighted by atomic mass is 9.99. The van der Waals surface area contributed by atoms with Crippen LogP contribution in [0.25, 0.3) is 22.3 Å². The molecule has 0 spiro atoms. The van der Waals surface area contributed by atoms with Gasteiger partial charge in [0.05, 0.1) is 17.3 Å². The lowest BCUT2D eigenvalue weighted by Crippen LogP contribution is -1.94. The molecule has 2 heterocycles. The first-order valence-corrected chi connectivity index (χ1v) is 6.40. The molecule has 0 aliphatic rings. The van der Waals surface area contributed by atoms with Crippen molar-refractivity contribution in [2.24, 2.45) is 7.05 Å². The van der Waals surface area contributed by atoms with E-state index < -0.39 is 0 Å². The van der Waals surface area contributed by atoms with Gasteiger partial charge in [0.25, 0.3) is 0 Å². The molecule has 0 N–H and O–H groups in total. The van der Waals surface area contributed by atoms with E-state index in [0.29, 0.717) is 5.92 Å². The molecule has 0 aliphatic carbocycles. The molecule has 3 aromatic rings. The number of hydrogen-bond acceptors (Lipinski definition) is 3. The Morgan fingerprint density at radius 3 is 2.68 bits per heavy atom. The first kappa shape index (κ1) is 11.8. The zero-order valence-electron chi connectivity index (χ0n) is 11.3. The van der Waals surface area contributed by atoms with Crippen molar-refractivity contribution in [3.8, 4) is 11.4 Å². The average Bonchev–Trinajstić information content (AvgIpc) is 2.84. The normalized spacial score (nSPS) is 11.4. The summed E-state index contributed by atoms with van der Waals surface area (Å²) in [6, 6.07) is 6.22. The SMILES string of the molecule is CC(C)c1cccc2nc(-c3cnn(C)c3)ncc12. The van der Waals surface area contributed by atoms with Crippen molar-refractivity contribution in [2.45, 2.75) is 19.8 Å². The highest BCUT2D eigenvalue weighted by Crippen LogP contribution is 2.25.